The van der Waals surface area contributed by atoms with Crippen LogP contribution in [0.15, 0.2) is 45.8 Å². The van der Waals surface area contributed by atoms with Gasteiger partial charge in [-0.2, -0.15) is 0 Å². The zero-order chi connectivity index (χ0) is 62.2. The topological polar surface area (TPSA) is 98.1 Å². The zero-order valence-electron chi connectivity index (χ0n) is 58.9. The van der Waals surface area contributed by atoms with Crippen LogP contribution in [0.4, 0.5) is 0 Å². The first kappa shape index (κ1) is 76.5. The molecule has 7 nitrogen and oxygen atoms in total. The molecule has 472 valence electrons. The molecule has 81 heavy (non-hydrogen) atoms. The first-order chi connectivity index (χ1) is 37.0. The number of rotatable bonds is 1. The van der Waals surface area contributed by atoms with Crippen molar-refractivity contribution < 1.29 is 13.9 Å². The fourth-order valence-corrected chi connectivity index (χ4v) is 12.0. The van der Waals surface area contributed by atoms with Gasteiger partial charge in [0, 0.05) is 30.1 Å². The lowest BCUT2D eigenvalue weighted by atomic mass is 9.68. The van der Waals surface area contributed by atoms with Crippen molar-refractivity contribution in [1.29, 1.82) is 0 Å². The van der Waals surface area contributed by atoms with Crippen LogP contribution >= 0.6 is 0 Å². The third kappa shape index (κ3) is 33.7. The predicted octanol–water partition coefficient (Wildman–Crippen LogP) is 23.5. The molecule has 0 amide bonds. The lowest BCUT2D eigenvalue weighted by Gasteiger charge is -2.43. The molecule has 5 aliphatic rings. The fourth-order valence-electron chi connectivity index (χ4n) is 12.0. The van der Waals surface area contributed by atoms with Gasteiger partial charge in [-0.1, -0.05) is 275 Å². The van der Waals surface area contributed by atoms with Crippen LogP contribution in [0.3, 0.4) is 0 Å². The van der Waals surface area contributed by atoms with E-state index in [1.807, 2.05) is 33.0 Å². The van der Waals surface area contributed by atoms with E-state index < -0.39 is 0 Å². The molecular weight excluding hydrogens is 993 g/mol. The molecular formula is C74H138N4O3. The average Bonchev–Trinajstić information content (AvgIpc) is 4.18. The van der Waals surface area contributed by atoms with Gasteiger partial charge in [0.2, 0.25) is 11.8 Å². The summed E-state index contributed by atoms with van der Waals surface area (Å²) in [5, 5.41) is 17.8. The Morgan fingerprint density at radius 1 is 0.494 bits per heavy atom. The Labute approximate surface area is 504 Å². The molecule has 5 fully saturated rings. The lowest BCUT2D eigenvalue weighted by molar-refractivity contribution is -0.0844. The molecule has 0 spiro atoms. The Hall–Kier alpha value is -2.54. The highest BCUT2D eigenvalue weighted by Crippen LogP contribution is 2.43. The van der Waals surface area contributed by atoms with Crippen molar-refractivity contribution in [2.45, 2.75) is 356 Å². The van der Waals surface area contributed by atoms with Gasteiger partial charge < -0.3 is 13.9 Å². The first-order valence-corrected chi connectivity index (χ1v) is 33.3. The summed E-state index contributed by atoms with van der Waals surface area (Å²) in [5.41, 5.74) is 3.48. The summed E-state index contributed by atoms with van der Waals surface area (Å²) < 4.78 is 10.3. The minimum absolute atomic E-state index is 0.0265. The van der Waals surface area contributed by atoms with Gasteiger partial charge in [-0.05, 0) is 131 Å². The van der Waals surface area contributed by atoms with Crippen LogP contribution in [0, 0.1) is 63.6 Å². The maximum Gasteiger partial charge on any atom is 0.221 e. The van der Waals surface area contributed by atoms with Crippen molar-refractivity contribution >= 4 is 0 Å². The summed E-state index contributed by atoms with van der Waals surface area (Å²) in [7, 11) is 0. The summed E-state index contributed by atoms with van der Waals surface area (Å²) in [6.07, 6.45) is 40.7. The second kappa shape index (κ2) is 34.6. The molecule has 0 bridgehead atoms. The van der Waals surface area contributed by atoms with Crippen LogP contribution in [0.25, 0.3) is 0 Å². The number of pyridine rings is 1. The number of aryl methyl sites for hydroxylation is 1. The predicted molar refractivity (Wildman–Crippen MR) is 352 cm³/mol. The summed E-state index contributed by atoms with van der Waals surface area (Å²) in [4.78, 5) is 8.07. The van der Waals surface area contributed by atoms with Crippen molar-refractivity contribution in [3.05, 3.63) is 60.2 Å². The molecule has 8 rings (SSSR count). The molecule has 3 heterocycles. The van der Waals surface area contributed by atoms with E-state index in [4.69, 9.17) is 8.83 Å². The minimum atomic E-state index is -0.384. The van der Waals surface area contributed by atoms with Crippen molar-refractivity contribution in [3.63, 3.8) is 0 Å². The Bertz CT molecular complexity index is 1980. The highest BCUT2D eigenvalue weighted by Gasteiger charge is 2.40. The maximum absolute atomic E-state index is 10.2. The number of hydrogen-bond acceptors (Lipinski definition) is 7. The maximum atomic E-state index is 10.2. The van der Waals surface area contributed by atoms with Gasteiger partial charge in [-0.25, -0.2) is 4.98 Å². The summed E-state index contributed by atoms with van der Waals surface area (Å²) >= 11 is 0. The molecule has 0 radical (unpaired) electrons. The number of oxazole rings is 1. The fraction of sp³-hybridized carbons (Fsp3) is 0.865. The second-order valence-corrected chi connectivity index (χ2v) is 34.4. The molecule has 0 unspecified atom stereocenters. The Morgan fingerprint density at radius 2 is 0.914 bits per heavy atom. The SMILES string of the molecule is CC(C)(C)C1(O)CCCCC1.CC(C)(C)C1CCCC1.CC(C)(C)C1CCCCC1.CC(C)(C)CC1CCCCC1.CC(C)(C)c1cccnc1.CC(C)(C)c1ncco1.CC1CCC(C(C)(C)C)CC1.Cc1nnc(C(C)(C)C)o1. The molecule has 7 heteroatoms. The van der Waals surface area contributed by atoms with Gasteiger partial charge in [-0.15, -0.1) is 10.2 Å². The molecule has 0 aliphatic heterocycles. The highest BCUT2D eigenvalue weighted by molar-refractivity contribution is 5.17. The Balaban J connectivity index is 0.000000463. The van der Waals surface area contributed by atoms with E-state index in [0.29, 0.717) is 33.4 Å². The standard InChI is InChI=1S/2C11H22.C10H20O.C10H20.C9H13N.C9H18.C7H12N2O.C7H11NO/c1-9-5-7-10(8-6-9)11(2,3)4;1-11(2,3)9-10-7-5-4-6-8-10;1-9(2,3)10(11)7-5-4-6-8-10;1-10(2,3)9-7-5-4-6-8-9;1-9(2,3)8-5-4-6-10-7-8;1-9(2,3)8-6-4-5-7-8;1-5-8-9-6(10-5)7(2,3)4;1-7(2,3)6-8-4-5-9-6/h9-10H,5-8H2,1-4H3;10H,4-9H2,1-3H3;11H,4-8H2,1-3H3;9H,4-8H2,1-3H3;4-7H,1-3H3;8H,4-7H2,1-3H3;1-4H3;4-5H,1-3H3. The monoisotopic (exact) mass is 1130 g/mol. The van der Waals surface area contributed by atoms with Gasteiger partial charge in [0.05, 0.1) is 11.8 Å². The summed E-state index contributed by atoms with van der Waals surface area (Å²) in [5.74, 6) is 7.16. The average molecular weight is 1130 g/mol. The van der Waals surface area contributed by atoms with Gasteiger partial charge >= 0.3 is 0 Å². The highest BCUT2D eigenvalue weighted by atomic mass is 16.4. The van der Waals surface area contributed by atoms with Crippen molar-refractivity contribution in [1.82, 2.24) is 20.2 Å². The first-order valence-electron chi connectivity index (χ1n) is 33.3. The van der Waals surface area contributed by atoms with E-state index in [1.165, 1.54) is 147 Å². The van der Waals surface area contributed by atoms with Crippen molar-refractivity contribution in [2.75, 3.05) is 0 Å². The minimum Gasteiger partial charge on any atom is -0.448 e. The third-order valence-corrected chi connectivity index (χ3v) is 18.1. The van der Waals surface area contributed by atoms with Crippen LogP contribution in [0.2, 0.25) is 0 Å². The van der Waals surface area contributed by atoms with E-state index in [9.17, 15) is 5.11 Å². The van der Waals surface area contributed by atoms with Crippen LogP contribution < -0.4 is 0 Å². The molecule has 3 aromatic heterocycles. The zero-order valence-corrected chi connectivity index (χ0v) is 58.9. The van der Waals surface area contributed by atoms with E-state index in [0.717, 1.165) is 48.3 Å². The largest absolute Gasteiger partial charge is 0.448 e. The van der Waals surface area contributed by atoms with Crippen LogP contribution in [0.1, 0.15) is 350 Å². The van der Waals surface area contributed by atoms with Crippen LogP contribution in [-0.4, -0.2) is 30.9 Å². The van der Waals surface area contributed by atoms with E-state index in [2.05, 4.69) is 179 Å². The van der Waals surface area contributed by atoms with E-state index in [1.54, 1.807) is 25.6 Å². The summed E-state index contributed by atoms with van der Waals surface area (Å²) in [6, 6.07) is 4.08. The smallest absolute Gasteiger partial charge is 0.221 e. The molecule has 1 N–H and O–H groups in total. The van der Waals surface area contributed by atoms with E-state index >= 15 is 0 Å². The number of aromatic nitrogens is 4. The number of aliphatic hydroxyl groups is 1. The van der Waals surface area contributed by atoms with E-state index in [-0.39, 0.29) is 27.3 Å². The molecule has 0 saturated heterocycles. The van der Waals surface area contributed by atoms with Crippen molar-refractivity contribution in [3.8, 4) is 0 Å². The van der Waals surface area contributed by atoms with Gasteiger partial charge in [0.25, 0.3) is 0 Å². The third-order valence-electron chi connectivity index (χ3n) is 18.1. The number of nitrogens with zero attached hydrogens (tertiary/aromatic N) is 4. The van der Waals surface area contributed by atoms with Gasteiger partial charge in [0.15, 0.2) is 5.89 Å². The van der Waals surface area contributed by atoms with Crippen LogP contribution in [0.5, 0.6) is 0 Å². The van der Waals surface area contributed by atoms with Crippen molar-refractivity contribution in [2.24, 2.45) is 56.7 Å². The normalized spacial score (nSPS) is 20.6. The van der Waals surface area contributed by atoms with Crippen LogP contribution in [-0.2, 0) is 16.2 Å². The Kier molecular flexibility index (Phi) is 32.6. The molecule has 5 aliphatic carbocycles. The van der Waals surface area contributed by atoms with Gasteiger partial charge in [0.1, 0.15) is 6.26 Å². The molecule has 5 saturated carbocycles. The quantitative estimate of drug-likeness (QED) is 0.259. The second-order valence-electron chi connectivity index (χ2n) is 34.4. The lowest BCUT2D eigenvalue weighted by Crippen LogP contribution is -2.44. The number of hydrogen-bond donors (Lipinski definition) is 1. The summed E-state index contributed by atoms with van der Waals surface area (Å²) in [6.45, 7) is 57.9. The van der Waals surface area contributed by atoms with Gasteiger partial charge in [-0.3, -0.25) is 4.98 Å². The molecule has 3 aromatic rings. The molecule has 0 aromatic carbocycles. The molecule has 0 atom stereocenters. The Morgan fingerprint density at radius 3 is 1.19 bits per heavy atom.